The summed E-state index contributed by atoms with van der Waals surface area (Å²) in [6.45, 7) is 0. The third-order valence-electron chi connectivity index (χ3n) is 6.18. The van der Waals surface area contributed by atoms with Gasteiger partial charge in [0.1, 0.15) is 17.5 Å². The average molecular weight is 558 g/mol. The van der Waals surface area contributed by atoms with Crippen molar-refractivity contribution in [1.29, 1.82) is 0 Å². The maximum atomic E-state index is 15.4. The van der Waals surface area contributed by atoms with Crippen LogP contribution in [0.1, 0.15) is 0 Å². The first-order chi connectivity index (χ1) is 18.4. The van der Waals surface area contributed by atoms with E-state index >= 15 is 22.0 Å². The topological polar surface area (TPSA) is 9.23 Å². The highest BCUT2D eigenvalue weighted by molar-refractivity contribution is 6.22. The second-order valence-corrected chi connectivity index (χ2v) is 8.20. The van der Waals surface area contributed by atoms with Gasteiger partial charge in [-0.1, -0.05) is 12.1 Å². The second-order valence-electron chi connectivity index (χ2n) is 8.20. The smallest absolute Gasteiger partial charge is 0.204 e. The van der Waals surface area contributed by atoms with E-state index in [0.29, 0.717) is 25.3 Å². The van der Waals surface area contributed by atoms with Crippen molar-refractivity contribution in [2.75, 3.05) is 7.11 Å². The first-order valence-corrected chi connectivity index (χ1v) is 10.7. The van der Waals surface area contributed by atoms with Crippen molar-refractivity contribution in [3.8, 4) is 28.0 Å². The molecule has 0 heterocycles. The van der Waals surface area contributed by atoms with Gasteiger partial charge in [0, 0.05) is 33.4 Å². The normalized spacial score (nSPS) is 11.6. The van der Waals surface area contributed by atoms with E-state index in [0.717, 1.165) is 12.1 Å². The summed E-state index contributed by atoms with van der Waals surface area (Å²) in [6.07, 6.45) is 0. The molecule has 0 saturated carbocycles. The van der Waals surface area contributed by atoms with E-state index in [1.165, 1.54) is 0 Å². The predicted octanol–water partition coefficient (Wildman–Crippen LogP) is 8.87. The summed E-state index contributed by atoms with van der Waals surface area (Å²) < 4.78 is 168. The molecule has 5 rings (SSSR count). The van der Waals surface area contributed by atoms with Crippen molar-refractivity contribution in [2.45, 2.75) is 0 Å². The van der Waals surface area contributed by atoms with Gasteiger partial charge in [-0.15, -0.1) is 0 Å². The first kappa shape index (κ1) is 26.3. The van der Waals surface area contributed by atoms with Crippen molar-refractivity contribution >= 4 is 21.5 Å². The number of rotatable bonds is 3. The fourth-order valence-electron chi connectivity index (χ4n) is 4.60. The van der Waals surface area contributed by atoms with E-state index in [9.17, 15) is 26.3 Å². The van der Waals surface area contributed by atoms with Crippen LogP contribution in [-0.2, 0) is 0 Å². The van der Waals surface area contributed by atoms with Crippen LogP contribution in [0.4, 0.5) is 48.3 Å². The maximum Gasteiger partial charge on any atom is 0.204 e. The Morgan fingerprint density at radius 2 is 0.897 bits per heavy atom. The van der Waals surface area contributed by atoms with Gasteiger partial charge in [-0.3, -0.25) is 0 Å². The fourth-order valence-corrected chi connectivity index (χ4v) is 4.60. The van der Waals surface area contributed by atoms with Crippen LogP contribution >= 0.6 is 0 Å². The van der Waals surface area contributed by atoms with E-state index in [-0.39, 0.29) is 6.07 Å². The highest BCUT2D eigenvalue weighted by atomic mass is 19.2. The molecule has 0 spiro atoms. The number of ether oxygens (including phenoxy) is 1. The SMILES string of the molecule is COc1c(F)c(F)c(-c2c3c(F)cccc3c(-c3c(F)c(F)cc(F)c3F)c3c(F)ccc(F)c23)c(F)c1F. The van der Waals surface area contributed by atoms with Gasteiger partial charge in [0.2, 0.25) is 11.6 Å². The Bertz CT molecular complexity index is 1810. The Morgan fingerprint density at radius 3 is 1.41 bits per heavy atom. The molecular formula is C27H9F11O. The molecule has 0 aliphatic rings. The molecule has 1 nitrogen and oxygen atoms in total. The summed E-state index contributed by atoms with van der Waals surface area (Å²) in [5.41, 5.74) is -5.73. The maximum absolute atomic E-state index is 15.4. The van der Waals surface area contributed by atoms with Crippen LogP contribution in [0.3, 0.4) is 0 Å². The molecule has 0 unspecified atom stereocenters. The number of hydrogen-bond donors (Lipinski definition) is 0. The Balaban J connectivity index is 2.18. The molecule has 5 aromatic carbocycles. The zero-order chi connectivity index (χ0) is 28.5. The number of benzene rings is 5. The Morgan fingerprint density at radius 1 is 0.436 bits per heavy atom. The minimum atomic E-state index is -2.21. The molecule has 12 heteroatoms. The summed E-state index contributed by atoms with van der Waals surface area (Å²) in [6, 6.07) is 2.93. The second kappa shape index (κ2) is 9.14. The Hall–Kier alpha value is -4.35. The minimum absolute atomic E-state index is 0.169. The molecule has 0 aliphatic carbocycles. The molecule has 200 valence electrons. The van der Waals surface area contributed by atoms with Crippen molar-refractivity contribution in [3.05, 3.63) is 100 Å². The van der Waals surface area contributed by atoms with Gasteiger partial charge in [-0.05, 0) is 23.6 Å². The van der Waals surface area contributed by atoms with Crippen LogP contribution in [0.25, 0.3) is 43.8 Å². The van der Waals surface area contributed by atoms with Gasteiger partial charge in [-0.2, -0.15) is 8.78 Å². The summed E-state index contributed by atoms with van der Waals surface area (Å²) in [4.78, 5) is 0. The summed E-state index contributed by atoms with van der Waals surface area (Å²) in [5.74, 6) is -22.9. The lowest BCUT2D eigenvalue weighted by Gasteiger charge is -2.21. The van der Waals surface area contributed by atoms with Gasteiger partial charge in [0.25, 0.3) is 0 Å². The number of fused-ring (bicyclic) bond motifs is 2. The summed E-state index contributed by atoms with van der Waals surface area (Å²) in [5, 5.41) is -4.45. The standard InChI is InChI=1S/C27H9F11O/c1-39-27-25(37)23(35)20(24(36)26(27)38)18-14-8(3-2-4-9(14)28)15(16-10(29)5-6-11(30)17(16)18)19-21(33)12(31)7-13(32)22(19)34/h2-7H,1H3. The molecule has 39 heavy (non-hydrogen) atoms. The molecule has 0 fully saturated rings. The Labute approximate surface area is 210 Å². The molecule has 0 aliphatic heterocycles. The van der Waals surface area contributed by atoms with Gasteiger partial charge in [0.15, 0.2) is 40.7 Å². The monoisotopic (exact) mass is 558 g/mol. The average Bonchev–Trinajstić information content (AvgIpc) is 2.89. The Kier molecular flexibility index (Phi) is 6.15. The van der Waals surface area contributed by atoms with Crippen LogP contribution in [-0.4, -0.2) is 7.11 Å². The van der Waals surface area contributed by atoms with Gasteiger partial charge in [0.05, 0.1) is 18.2 Å². The lowest BCUT2D eigenvalue weighted by atomic mass is 9.84. The first-order valence-electron chi connectivity index (χ1n) is 10.7. The van der Waals surface area contributed by atoms with Crippen molar-refractivity contribution < 1.29 is 53.0 Å². The van der Waals surface area contributed by atoms with E-state index in [4.69, 9.17) is 0 Å². The summed E-state index contributed by atoms with van der Waals surface area (Å²) >= 11 is 0. The van der Waals surface area contributed by atoms with Gasteiger partial charge in [-0.25, -0.2) is 39.5 Å². The molecule has 5 aromatic rings. The van der Waals surface area contributed by atoms with Crippen molar-refractivity contribution in [2.24, 2.45) is 0 Å². The van der Waals surface area contributed by atoms with Gasteiger partial charge < -0.3 is 4.74 Å². The van der Waals surface area contributed by atoms with Crippen molar-refractivity contribution in [1.82, 2.24) is 0 Å². The molecule has 0 amide bonds. The molecular weight excluding hydrogens is 549 g/mol. The fraction of sp³-hybridized carbons (Fsp3) is 0.0370. The van der Waals surface area contributed by atoms with E-state index < -0.39 is 114 Å². The summed E-state index contributed by atoms with van der Waals surface area (Å²) in [7, 11) is 0.676. The zero-order valence-corrected chi connectivity index (χ0v) is 19.0. The molecule has 0 saturated heterocycles. The molecule has 0 bridgehead atoms. The van der Waals surface area contributed by atoms with Crippen LogP contribution < -0.4 is 4.74 Å². The number of hydrogen-bond acceptors (Lipinski definition) is 1. The van der Waals surface area contributed by atoms with Crippen LogP contribution in [0.2, 0.25) is 0 Å². The lowest BCUT2D eigenvalue weighted by molar-refractivity contribution is 0.334. The third-order valence-corrected chi connectivity index (χ3v) is 6.18. The largest absolute Gasteiger partial charge is 0.491 e. The van der Waals surface area contributed by atoms with Crippen molar-refractivity contribution in [3.63, 3.8) is 0 Å². The van der Waals surface area contributed by atoms with E-state index in [1.807, 2.05) is 0 Å². The molecule has 0 N–H and O–H groups in total. The predicted molar refractivity (Wildman–Crippen MR) is 118 cm³/mol. The quantitative estimate of drug-likeness (QED) is 0.122. The van der Waals surface area contributed by atoms with Crippen LogP contribution in [0.5, 0.6) is 5.75 Å². The molecule has 0 aromatic heterocycles. The van der Waals surface area contributed by atoms with E-state index in [1.54, 1.807) is 0 Å². The third kappa shape index (κ3) is 3.61. The van der Waals surface area contributed by atoms with Gasteiger partial charge >= 0.3 is 0 Å². The lowest BCUT2D eigenvalue weighted by Crippen LogP contribution is -2.07. The van der Waals surface area contributed by atoms with Crippen LogP contribution in [0, 0.1) is 64.0 Å². The molecule has 0 radical (unpaired) electrons. The molecule has 0 atom stereocenters. The van der Waals surface area contributed by atoms with Crippen LogP contribution in [0.15, 0.2) is 36.4 Å². The van der Waals surface area contributed by atoms with E-state index in [2.05, 4.69) is 4.74 Å². The highest BCUT2D eigenvalue weighted by Crippen LogP contribution is 2.49. The minimum Gasteiger partial charge on any atom is -0.491 e. The number of methoxy groups -OCH3 is 1. The number of halogens is 11. The zero-order valence-electron chi connectivity index (χ0n) is 19.0. The highest BCUT2D eigenvalue weighted by Gasteiger charge is 2.34.